The van der Waals surface area contributed by atoms with E-state index >= 15 is 0 Å². The quantitative estimate of drug-likeness (QED) is 0.703. The summed E-state index contributed by atoms with van der Waals surface area (Å²) in [6.45, 7) is 6.98. The van der Waals surface area contributed by atoms with Gasteiger partial charge in [0.2, 0.25) is 5.91 Å². The Bertz CT molecular complexity index is 519. The number of H-pyrrole nitrogens is 1. The second-order valence-corrected chi connectivity index (χ2v) is 7.05. The first-order valence-electron chi connectivity index (χ1n) is 8.41. The summed E-state index contributed by atoms with van der Waals surface area (Å²) in [6, 6.07) is 0.0294. The van der Waals surface area contributed by atoms with Crippen molar-refractivity contribution in [1.82, 2.24) is 20.2 Å². The van der Waals surface area contributed by atoms with Crippen LogP contribution in [0, 0.1) is 5.92 Å². The van der Waals surface area contributed by atoms with Gasteiger partial charge in [-0.3, -0.25) is 9.69 Å². The number of nitrogens with two attached hydrogens (primary N) is 1. The molecule has 0 radical (unpaired) electrons. The molecule has 2 aliphatic rings. The maximum atomic E-state index is 12.3. The number of aromatic amines is 1. The molecule has 3 heterocycles. The van der Waals surface area contributed by atoms with Crippen molar-refractivity contribution in [2.75, 3.05) is 19.7 Å². The molecule has 0 spiro atoms. The summed E-state index contributed by atoms with van der Waals surface area (Å²) in [7, 11) is 0. The van der Waals surface area contributed by atoms with Gasteiger partial charge < -0.3 is 20.8 Å². The van der Waals surface area contributed by atoms with Crippen molar-refractivity contribution in [3.63, 3.8) is 0 Å². The standard InChI is InChI=1S/C16H27N5O2/c1-10(2)15-7-21-6-12(3-13(21)8-23-15)20-16(22)14(17)4-11-5-18-9-19-11/h5,9-10,12-15H,3-4,6-8,17H2,1-2H3,(H,18,19)(H,20,22)/t12-,13-,14-,15+/m0/s1. The lowest BCUT2D eigenvalue weighted by Crippen LogP contribution is -2.49. The van der Waals surface area contributed by atoms with Gasteiger partial charge in [-0.2, -0.15) is 0 Å². The van der Waals surface area contributed by atoms with Crippen molar-refractivity contribution in [1.29, 1.82) is 0 Å². The van der Waals surface area contributed by atoms with Crippen molar-refractivity contribution < 1.29 is 9.53 Å². The van der Waals surface area contributed by atoms with E-state index in [9.17, 15) is 4.79 Å². The average Bonchev–Trinajstić information content (AvgIpc) is 3.14. The van der Waals surface area contributed by atoms with Gasteiger partial charge in [0.05, 0.1) is 25.1 Å². The summed E-state index contributed by atoms with van der Waals surface area (Å²) in [5.74, 6) is 0.429. The highest BCUT2D eigenvalue weighted by molar-refractivity contribution is 5.82. The van der Waals surface area contributed by atoms with Gasteiger partial charge in [-0.15, -0.1) is 0 Å². The molecule has 1 aromatic rings. The van der Waals surface area contributed by atoms with Crippen molar-refractivity contribution in [3.8, 4) is 0 Å². The van der Waals surface area contributed by atoms with Crippen LogP contribution in [0.1, 0.15) is 26.0 Å². The number of imidazole rings is 1. The number of nitrogens with one attached hydrogen (secondary N) is 2. The Balaban J connectivity index is 1.48. The highest BCUT2D eigenvalue weighted by atomic mass is 16.5. The van der Waals surface area contributed by atoms with Gasteiger partial charge in [0.25, 0.3) is 0 Å². The predicted molar refractivity (Wildman–Crippen MR) is 86.8 cm³/mol. The Morgan fingerprint density at radius 3 is 3.09 bits per heavy atom. The van der Waals surface area contributed by atoms with Crippen molar-refractivity contribution in [3.05, 3.63) is 18.2 Å². The highest BCUT2D eigenvalue weighted by Crippen LogP contribution is 2.25. The number of hydrogen-bond donors (Lipinski definition) is 3. The number of aromatic nitrogens is 2. The SMILES string of the molecule is CC(C)[C@H]1CN2C[C@@H](NC(=O)[C@@H](N)Cc3cnc[nH]3)C[C@H]2CO1. The molecular weight excluding hydrogens is 294 g/mol. The van der Waals surface area contributed by atoms with E-state index in [0.717, 1.165) is 31.8 Å². The molecule has 23 heavy (non-hydrogen) atoms. The molecular formula is C16H27N5O2. The van der Waals surface area contributed by atoms with Crippen LogP contribution in [0.2, 0.25) is 0 Å². The third kappa shape index (κ3) is 3.91. The lowest BCUT2D eigenvalue weighted by molar-refractivity contribution is -0.123. The maximum absolute atomic E-state index is 12.3. The fraction of sp³-hybridized carbons (Fsp3) is 0.750. The van der Waals surface area contributed by atoms with Crippen LogP contribution in [-0.4, -0.2) is 64.7 Å². The van der Waals surface area contributed by atoms with Crippen LogP contribution in [0.15, 0.2) is 12.5 Å². The number of nitrogens with zero attached hydrogens (tertiary/aromatic N) is 2. The average molecular weight is 321 g/mol. The van der Waals surface area contributed by atoms with Crippen LogP contribution in [0.3, 0.4) is 0 Å². The van der Waals surface area contributed by atoms with E-state index in [0.29, 0.717) is 24.5 Å². The summed E-state index contributed by atoms with van der Waals surface area (Å²) in [5, 5.41) is 3.10. The molecule has 0 aliphatic carbocycles. The fourth-order valence-corrected chi connectivity index (χ4v) is 3.44. The molecule has 0 saturated carbocycles. The molecule has 4 atom stereocenters. The summed E-state index contributed by atoms with van der Waals surface area (Å²) < 4.78 is 5.93. The molecule has 2 saturated heterocycles. The largest absolute Gasteiger partial charge is 0.375 e. The van der Waals surface area contributed by atoms with E-state index in [-0.39, 0.29) is 11.9 Å². The van der Waals surface area contributed by atoms with E-state index in [1.807, 2.05) is 0 Å². The Morgan fingerprint density at radius 2 is 2.39 bits per heavy atom. The van der Waals surface area contributed by atoms with Gasteiger partial charge in [-0.05, 0) is 12.3 Å². The number of fused-ring (bicyclic) bond motifs is 1. The van der Waals surface area contributed by atoms with Crippen LogP contribution in [-0.2, 0) is 16.0 Å². The molecule has 3 rings (SSSR count). The lowest BCUT2D eigenvalue weighted by atomic mass is 10.0. The summed E-state index contributed by atoms with van der Waals surface area (Å²) in [6.07, 6.45) is 5.01. The van der Waals surface area contributed by atoms with E-state index in [1.165, 1.54) is 0 Å². The minimum absolute atomic E-state index is 0.0919. The number of carbonyl (C=O) groups excluding carboxylic acids is 1. The van der Waals surface area contributed by atoms with E-state index in [4.69, 9.17) is 10.5 Å². The number of hydrogen-bond acceptors (Lipinski definition) is 5. The van der Waals surface area contributed by atoms with Crippen LogP contribution in [0.5, 0.6) is 0 Å². The zero-order valence-corrected chi connectivity index (χ0v) is 13.9. The fourth-order valence-electron chi connectivity index (χ4n) is 3.44. The number of rotatable bonds is 5. The Labute approximate surface area is 137 Å². The van der Waals surface area contributed by atoms with Crippen LogP contribution < -0.4 is 11.1 Å². The Hall–Kier alpha value is -1.44. The lowest BCUT2D eigenvalue weighted by Gasteiger charge is -2.36. The highest BCUT2D eigenvalue weighted by Gasteiger charge is 2.38. The first-order chi connectivity index (χ1) is 11.0. The molecule has 2 aliphatic heterocycles. The van der Waals surface area contributed by atoms with Gasteiger partial charge in [-0.1, -0.05) is 13.8 Å². The van der Waals surface area contributed by atoms with E-state index in [2.05, 4.69) is 34.0 Å². The monoisotopic (exact) mass is 321 g/mol. The molecule has 2 fully saturated rings. The molecule has 1 amide bonds. The van der Waals surface area contributed by atoms with Gasteiger partial charge in [0.15, 0.2) is 0 Å². The van der Waals surface area contributed by atoms with E-state index in [1.54, 1.807) is 12.5 Å². The number of amides is 1. The van der Waals surface area contributed by atoms with Gasteiger partial charge in [0.1, 0.15) is 0 Å². The zero-order valence-electron chi connectivity index (χ0n) is 13.9. The topological polar surface area (TPSA) is 96.3 Å². The molecule has 0 aromatic carbocycles. The van der Waals surface area contributed by atoms with Gasteiger partial charge in [-0.25, -0.2) is 4.98 Å². The molecule has 1 aromatic heterocycles. The summed E-state index contributed by atoms with van der Waals surface area (Å²) >= 11 is 0. The minimum atomic E-state index is -0.548. The third-order valence-corrected chi connectivity index (χ3v) is 4.87. The van der Waals surface area contributed by atoms with Gasteiger partial charge >= 0.3 is 0 Å². The molecule has 4 N–H and O–H groups in total. The first-order valence-corrected chi connectivity index (χ1v) is 8.41. The second-order valence-electron chi connectivity index (χ2n) is 7.05. The predicted octanol–water partition coefficient (Wildman–Crippen LogP) is -0.107. The van der Waals surface area contributed by atoms with Crippen molar-refractivity contribution >= 4 is 5.91 Å². The van der Waals surface area contributed by atoms with Crippen LogP contribution in [0.25, 0.3) is 0 Å². The molecule has 7 nitrogen and oxygen atoms in total. The normalized spacial score (nSPS) is 29.5. The molecule has 0 unspecified atom stereocenters. The third-order valence-electron chi connectivity index (χ3n) is 4.87. The maximum Gasteiger partial charge on any atom is 0.237 e. The minimum Gasteiger partial charge on any atom is -0.375 e. The molecule has 7 heteroatoms. The van der Waals surface area contributed by atoms with Crippen LogP contribution >= 0.6 is 0 Å². The Morgan fingerprint density at radius 1 is 1.57 bits per heavy atom. The van der Waals surface area contributed by atoms with Gasteiger partial charge in [0, 0.05) is 43.5 Å². The Kier molecular flexibility index (Phi) is 4.99. The number of ether oxygens (including phenoxy) is 1. The molecule has 0 bridgehead atoms. The van der Waals surface area contributed by atoms with Crippen molar-refractivity contribution in [2.24, 2.45) is 11.7 Å². The van der Waals surface area contributed by atoms with Crippen molar-refractivity contribution in [2.45, 2.75) is 50.9 Å². The zero-order chi connectivity index (χ0) is 16.4. The first kappa shape index (κ1) is 16.4. The van der Waals surface area contributed by atoms with Crippen LogP contribution in [0.4, 0.5) is 0 Å². The summed E-state index contributed by atoms with van der Waals surface area (Å²) in [5.41, 5.74) is 6.88. The smallest absolute Gasteiger partial charge is 0.237 e. The summed E-state index contributed by atoms with van der Waals surface area (Å²) in [4.78, 5) is 21.6. The second kappa shape index (κ2) is 6.98. The van der Waals surface area contributed by atoms with E-state index < -0.39 is 6.04 Å². The number of morpholine rings is 1. The molecule has 128 valence electrons. The number of carbonyl (C=O) groups is 1.